The van der Waals surface area contributed by atoms with Crippen molar-refractivity contribution in [2.75, 3.05) is 6.61 Å². The molecule has 0 spiro atoms. The van der Waals surface area contributed by atoms with E-state index in [4.69, 9.17) is 4.74 Å². The van der Waals surface area contributed by atoms with E-state index in [0.29, 0.717) is 34.7 Å². The van der Waals surface area contributed by atoms with E-state index in [2.05, 4.69) is 54.5 Å². The summed E-state index contributed by atoms with van der Waals surface area (Å²) in [5.41, 5.74) is 3.28. The van der Waals surface area contributed by atoms with Crippen molar-refractivity contribution in [3.8, 4) is 0 Å². The molecule has 0 aromatic heterocycles. The number of hydrogen-bond acceptors (Lipinski definition) is 2. The Morgan fingerprint density at radius 3 is 2.26 bits per heavy atom. The normalized spacial score (nSPS) is 52.2. The van der Waals surface area contributed by atoms with Crippen molar-refractivity contribution in [3.05, 3.63) is 11.6 Å². The molecule has 0 aromatic carbocycles. The molecule has 5 rings (SSSR count). The van der Waals surface area contributed by atoms with E-state index in [1.165, 1.54) is 64.2 Å². The van der Waals surface area contributed by atoms with Crippen molar-refractivity contribution in [1.82, 2.24) is 0 Å². The van der Waals surface area contributed by atoms with Crippen molar-refractivity contribution in [2.24, 2.45) is 56.7 Å². The highest BCUT2D eigenvalue weighted by Gasteiger charge is 2.72. The highest BCUT2D eigenvalue weighted by Crippen LogP contribution is 2.79. The molecule has 3 unspecified atom stereocenters. The molecule has 34 heavy (non-hydrogen) atoms. The van der Waals surface area contributed by atoms with Crippen LogP contribution in [0.1, 0.15) is 120 Å². The summed E-state index contributed by atoms with van der Waals surface area (Å²) in [5, 5.41) is 0. The Morgan fingerprint density at radius 2 is 1.59 bits per heavy atom. The summed E-state index contributed by atoms with van der Waals surface area (Å²) in [6.07, 6.45) is 15.8. The van der Waals surface area contributed by atoms with Gasteiger partial charge in [-0.1, -0.05) is 53.2 Å². The van der Waals surface area contributed by atoms with E-state index >= 15 is 0 Å². The van der Waals surface area contributed by atoms with Gasteiger partial charge in [0, 0.05) is 12.3 Å². The molecule has 0 radical (unpaired) electrons. The van der Waals surface area contributed by atoms with E-state index in [0.717, 1.165) is 17.8 Å². The second-order valence-electron chi connectivity index (χ2n) is 14.9. The molecule has 0 N–H and O–H groups in total. The second-order valence-corrected chi connectivity index (χ2v) is 14.9. The van der Waals surface area contributed by atoms with Crippen molar-refractivity contribution >= 4 is 5.97 Å². The quantitative estimate of drug-likeness (QED) is 0.306. The predicted molar refractivity (Wildman–Crippen MR) is 140 cm³/mol. The monoisotopic (exact) mass is 468 g/mol. The Morgan fingerprint density at radius 1 is 0.912 bits per heavy atom. The van der Waals surface area contributed by atoms with Gasteiger partial charge in [-0.2, -0.15) is 0 Å². The van der Waals surface area contributed by atoms with Crippen LogP contribution in [0.15, 0.2) is 11.6 Å². The molecule has 2 heteroatoms. The lowest BCUT2D eigenvalue weighted by molar-refractivity contribution is -0.251. The molecule has 4 saturated carbocycles. The van der Waals surface area contributed by atoms with Gasteiger partial charge in [-0.25, -0.2) is 0 Å². The van der Waals surface area contributed by atoms with E-state index in [1.54, 1.807) is 12.5 Å². The molecule has 0 aliphatic heterocycles. The molecule has 4 fully saturated rings. The van der Waals surface area contributed by atoms with E-state index < -0.39 is 0 Å². The van der Waals surface area contributed by atoms with Gasteiger partial charge < -0.3 is 4.74 Å². The fraction of sp³-hybridized carbons (Fsp3) is 0.906. The van der Waals surface area contributed by atoms with Crippen LogP contribution in [-0.4, -0.2) is 12.6 Å². The number of esters is 1. The van der Waals surface area contributed by atoms with Crippen LogP contribution in [-0.2, 0) is 9.53 Å². The zero-order chi connectivity index (χ0) is 24.7. The second kappa shape index (κ2) is 7.85. The number of rotatable bonds is 3. The van der Waals surface area contributed by atoms with Crippen LogP contribution in [0.25, 0.3) is 0 Å². The average Bonchev–Trinajstić information content (AvgIpc) is 3.13. The van der Waals surface area contributed by atoms with Gasteiger partial charge in [0.05, 0.1) is 6.61 Å². The number of ether oxygens (including phenoxy) is 1. The molecule has 9 atom stereocenters. The summed E-state index contributed by atoms with van der Waals surface area (Å²) in [7, 11) is 0. The molecule has 5 aliphatic carbocycles. The fourth-order valence-corrected chi connectivity index (χ4v) is 11.9. The first kappa shape index (κ1) is 24.9. The lowest BCUT2D eigenvalue weighted by atomic mass is 9.31. The van der Waals surface area contributed by atoms with E-state index in [9.17, 15) is 4.79 Å². The molecular weight excluding hydrogens is 416 g/mol. The lowest BCUT2D eigenvalue weighted by Crippen LogP contribution is -2.67. The van der Waals surface area contributed by atoms with Crippen LogP contribution in [0, 0.1) is 56.7 Å². The van der Waals surface area contributed by atoms with E-state index in [-0.39, 0.29) is 16.8 Å². The van der Waals surface area contributed by atoms with Crippen molar-refractivity contribution in [3.63, 3.8) is 0 Å². The maximum atomic E-state index is 12.1. The maximum Gasteiger partial charge on any atom is 0.302 e. The predicted octanol–water partition coefficient (Wildman–Crippen LogP) is 8.60. The molecule has 0 heterocycles. The molecule has 0 amide bonds. The standard InChI is InChI=1S/C32H52O2/c1-21(2)24-12-13-25-29(24,6)16-17-31(8)27-14-15-28(5)22(3)10-9-11-26(28)32(27,20-34-23(4)33)19-18-30(25,31)7/h10,21,24-27H,9,11-20H2,1-8H3/t24-,25?,26?,27?,28-,29-,30+,31-,32-/m1/s1. The number of carbonyl (C=O) groups is 1. The molecule has 0 saturated heterocycles. The maximum absolute atomic E-state index is 12.1. The van der Waals surface area contributed by atoms with Gasteiger partial charge in [0.15, 0.2) is 0 Å². The Labute approximate surface area is 210 Å². The summed E-state index contributed by atoms with van der Waals surface area (Å²) >= 11 is 0. The summed E-state index contributed by atoms with van der Waals surface area (Å²) in [4.78, 5) is 12.1. The molecular formula is C32H52O2. The van der Waals surface area contributed by atoms with Gasteiger partial charge in [0.25, 0.3) is 0 Å². The summed E-state index contributed by atoms with van der Waals surface area (Å²) in [6.45, 7) is 20.2. The van der Waals surface area contributed by atoms with Crippen molar-refractivity contribution < 1.29 is 9.53 Å². The Hall–Kier alpha value is -0.790. The Bertz CT molecular complexity index is 872. The van der Waals surface area contributed by atoms with Gasteiger partial charge in [0.2, 0.25) is 0 Å². The van der Waals surface area contributed by atoms with Crippen molar-refractivity contribution in [2.45, 2.75) is 120 Å². The van der Waals surface area contributed by atoms with Gasteiger partial charge in [-0.3, -0.25) is 4.79 Å². The van der Waals surface area contributed by atoms with Crippen LogP contribution in [0.4, 0.5) is 0 Å². The summed E-state index contributed by atoms with van der Waals surface area (Å²) < 4.78 is 6.03. The van der Waals surface area contributed by atoms with Gasteiger partial charge in [0.1, 0.15) is 0 Å². The highest BCUT2D eigenvalue weighted by molar-refractivity contribution is 5.66. The summed E-state index contributed by atoms with van der Waals surface area (Å²) in [5.74, 6) is 3.75. The minimum Gasteiger partial charge on any atom is -0.465 e. The molecule has 0 aromatic rings. The van der Waals surface area contributed by atoms with Gasteiger partial charge in [-0.15, -0.1) is 0 Å². The Balaban J connectivity index is 1.58. The van der Waals surface area contributed by atoms with Crippen LogP contribution >= 0.6 is 0 Å². The zero-order valence-electron chi connectivity index (χ0n) is 23.6. The minimum absolute atomic E-state index is 0.0891. The molecule has 5 aliphatic rings. The smallest absolute Gasteiger partial charge is 0.302 e. The van der Waals surface area contributed by atoms with Crippen LogP contribution in [0.5, 0.6) is 0 Å². The number of allylic oxidation sites excluding steroid dienone is 2. The van der Waals surface area contributed by atoms with Crippen LogP contribution in [0.2, 0.25) is 0 Å². The summed E-state index contributed by atoms with van der Waals surface area (Å²) in [6, 6.07) is 0. The third-order valence-electron chi connectivity index (χ3n) is 13.8. The van der Waals surface area contributed by atoms with Gasteiger partial charge >= 0.3 is 5.97 Å². The molecule has 0 bridgehead atoms. The third kappa shape index (κ3) is 3.01. The number of fused-ring (bicyclic) bond motifs is 7. The highest BCUT2D eigenvalue weighted by atomic mass is 16.5. The van der Waals surface area contributed by atoms with Crippen molar-refractivity contribution in [1.29, 1.82) is 0 Å². The van der Waals surface area contributed by atoms with Gasteiger partial charge in [-0.05, 0) is 122 Å². The zero-order valence-corrected chi connectivity index (χ0v) is 23.6. The van der Waals surface area contributed by atoms with E-state index in [1.807, 2.05) is 0 Å². The first-order valence-electron chi connectivity index (χ1n) is 14.7. The average molecular weight is 469 g/mol. The lowest BCUT2D eigenvalue weighted by Gasteiger charge is -2.73. The fourth-order valence-electron chi connectivity index (χ4n) is 11.9. The van der Waals surface area contributed by atoms with Crippen LogP contribution in [0.3, 0.4) is 0 Å². The topological polar surface area (TPSA) is 26.3 Å². The Kier molecular flexibility index (Phi) is 5.75. The molecule has 192 valence electrons. The minimum atomic E-state index is -0.0891. The number of hydrogen-bond donors (Lipinski definition) is 0. The SMILES string of the molecule is CC(=O)OC[C@@]12CC[C@@]3(C)C4CC[C@H](C(C)C)[C@@]4(C)CC[C@]3(C)C1CC[C@]1(C)C(C)=CCCC21. The molecule has 2 nitrogen and oxygen atoms in total. The third-order valence-corrected chi connectivity index (χ3v) is 13.8. The first-order valence-corrected chi connectivity index (χ1v) is 14.7. The van der Waals surface area contributed by atoms with Crippen LogP contribution < -0.4 is 0 Å². The first-order chi connectivity index (χ1) is 15.9. The number of carbonyl (C=O) groups excluding carboxylic acids is 1. The largest absolute Gasteiger partial charge is 0.465 e.